The number of hydrogen-bond acceptors (Lipinski definition) is 2. The quantitative estimate of drug-likeness (QED) is 0.870. The van der Waals surface area contributed by atoms with Crippen LogP contribution in [0.15, 0.2) is 24.3 Å². The molecule has 1 saturated heterocycles. The van der Waals surface area contributed by atoms with Crippen LogP contribution < -0.4 is 5.32 Å². The van der Waals surface area contributed by atoms with Gasteiger partial charge in [0.1, 0.15) is 0 Å². The van der Waals surface area contributed by atoms with Gasteiger partial charge in [-0.3, -0.25) is 0 Å². The van der Waals surface area contributed by atoms with Crippen molar-refractivity contribution in [1.82, 2.24) is 5.32 Å². The van der Waals surface area contributed by atoms with E-state index in [0.717, 1.165) is 24.9 Å². The van der Waals surface area contributed by atoms with E-state index in [1.54, 1.807) is 0 Å². The lowest BCUT2D eigenvalue weighted by Gasteiger charge is -2.23. The molecule has 2 nitrogen and oxygen atoms in total. The summed E-state index contributed by atoms with van der Waals surface area (Å²) in [6.07, 6.45) is 5.55. The molecule has 2 heteroatoms. The monoisotopic (exact) mass is 261 g/mol. The van der Waals surface area contributed by atoms with Crippen molar-refractivity contribution < 1.29 is 5.11 Å². The molecule has 1 aromatic carbocycles. The molecule has 0 aliphatic carbocycles. The minimum absolute atomic E-state index is 0.221. The third-order valence-electron chi connectivity index (χ3n) is 3.94. The molecule has 2 atom stereocenters. The van der Waals surface area contributed by atoms with E-state index >= 15 is 0 Å². The average Bonchev–Trinajstić information content (AvgIpc) is 2.67. The number of rotatable bonds is 4. The average molecular weight is 261 g/mol. The van der Waals surface area contributed by atoms with Crippen molar-refractivity contribution in [2.24, 2.45) is 5.92 Å². The van der Waals surface area contributed by atoms with E-state index < -0.39 is 0 Å². The molecule has 0 saturated carbocycles. The van der Waals surface area contributed by atoms with Crippen LogP contribution in [-0.4, -0.2) is 17.7 Å². The van der Waals surface area contributed by atoms with Crippen LogP contribution in [-0.2, 0) is 6.42 Å². The van der Waals surface area contributed by atoms with Gasteiger partial charge in [0, 0.05) is 6.04 Å². The summed E-state index contributed by atoms with van der Waals surface area (Å²) in [4.78, 5) is 0. The Kier molecular flexibility index (Phi) is 5.41. The van der Waals surface area contributed by atoms with Gasteiger partial charge in [0.05, 0.1) is 6.10 Å². The van der Waals surface area contributed by atoms with Crippen LogP contribution >= 0.6 is 0 Å². The van der Waals surface area contributed by atoms with E-state index in [1.807, 2.05) is 0 Å². The molecule has 0 bridgehead atoms. The van der Waals surface area contributed by atoms with Crippen molar-refractivity contribution in [2.75, 3.05) is 6.54 Å². The Morgan fingerprint density at radius 1 is 1.16 bits per heavy atom. The highest BCUT2D eigenvalue weighted by molar-refractivity contribution is 5.25. The maximum absolute atomic E-state index is 10.5. The first kappa shape index (κ1) is 14.5. The first-order valence-electron chi connectivity index (χ1n) is 7.67. The minimum atomic E-state index is -0.369. The van der Waals surface area contributed by atoms with Crippen molar-refractivity contribution in [3.8, 4) is 0 Å². The predicted molar refractivity (Wildman–Crippen MR) is 80.2 cm³/mol. The summed E-state index contributed by atoms with van der Waals surface area (Å²) in [6, 6.07) is 8.73. The van der Waals surface area contributed by atoms with Gasteiger partial charge in [-0.15, -0.1) is 0 Å². The van der Waals surface area contributed by atoms with Gasteiger partial charge >= 0.3 is 0 Å². The van der Waals surface area contributed by atoms with Gasteiger partial charge in [0.25, 0.3) is 0 Å². The molecule has 0 amide bonds. The van der Waals surface area contributed by atoms with Crippen LogP contribution in [0.2, 0.25) is 0 Å². The topological polar surface area (TPSA) is 32.3 Å². The summed E-state index contributed by atoms with van der Waals surface area (Å²) in [5, 5.41) is 14.0. The third-order valence-corrected chi connectivity index (χ3v) is 3.94. The number of aliphatic hydroxyl groups is 1. The van der Waals surface area contributed by atoms with Gasteiger partial charge in [-0.25, -0.2) is 0 Å². The Hall–Kier alpha value is -0.860. The molecule has 2 rings (SSSR count). The van der Waals surface area contributed by atoms with E-state index in [-0.39, 0.29) is 12.1 Å². The maximum Gasteiger partial charge on any atom is 0.0942 e. The fourth-order valence-corrected chi connectivity index (χ4v) is 2.88. The summed E-state index contributed by atoms with van der Waals surface area (Å²) in [5.41, 5.74) is 2.41. The third kappa shape index (κ3) is 4.32. The summed E-state index contributed by atoms with van der Waals surface area (Å²) in [7, 11) is 0. The molecule has 0 radical (unpaired) electrons. The van der Waals surface area contributed by atoms with E-state index in [4.69, 9.17) is 0 Å². The second kappa shape index (κ2) is 7.06. The largest absolute Gasteiger partial charge is 0.387 e. The molecule has 1 aliphatic heterocycles. The van der Waals surface area contributed by atoms with E-state index in [1.165, 1.54) is 24.8 Å². The Morgan fingerprint density at radius 2 is 1.89 bits per heavy atom. The lowest BCUT2D eigenvalue weighted by molar-refractivity contribution is 0.126. The standard InChI is InChI=1S/C17H27NO/c1-13(2)12-14-7-9-15(10-8-14)17(19)16-6-4-3-5-11-18-16/h7-10,13,16-19H,3-6,11-12H2,1-2H3. The minimum Gasteiger partial charge on any atom is -0.387 e. The summed E-state index contributed by atoms with van der Waals surface area (Å²) in [6.45, 7) is 5.50. The van der Waals surface area contributed by atoms with E-state index in [0.29, 0.717) is 5.92 Å². The normalized spacial score (nSPS) is 22.2. The highest BCUT2D eigenvalue weighted by Gasteiger charge is 2.21. The molecule has 0 aromatic heterocycles. The molecule has 1 aliphatic rings. The highest BCUT2D eigenvalue weighted by Crippen LogP contribution is 2.23. The van der Waals surface area contributed by atoms with Crippen LogP contribution in [0.1, 0.15) is 56.8 Å². The Labute approximate surface area is 117 Å². The second-order valence-corrected chi connectivity index (χ2v) is 6.19. The Bertz CT molecular complexity index is 363. The lowest BCUT2D eigenvalue weighted by atomic mass is 9.96. The Morgan fingerprint density at radius 3 is 2.58 bits per heavy atom. The molecular weight excluding hydrogens is 234 g/mol. The molecule has 1 aromatic rings. The fourth-order valence-electron chi connectivity index (χ4n) is 2.88. The van der Waals surface area contributed by atoms with Crippen LogP contribution in [0.4, 0.5) is 0 Å². The molecular formula is C17H27NO. The number of hydrogen-bond donors (Lipinski definition) is 2. The lowest BCUT2D eigenvalue weighted by Crippen LogP contribution is -2.34. The zero-order valence-corrected chi connectivity index (χ0v) is 12.2. The molecule has 1 fully saturated rings. The molecule has 1 heterocycles. The summed E-state index contributed by atoms with van der Waals surface area (Å²) < 4.78 is 0. The molecule has 0 spiro atoms. The molecule has 2 unspecified atom stereocenters. The van der Waals surface area contributed by atoms with Crippen molar-refractivity contribution in [3.05, 3.63) is 35.4 Å². The fraction of sp³-hybridized carbons (Fsp3) is 0.647. The highest BCUT2D eigenvalue weighted by atomic mass is 16.3. The second-order valence-electron chi connectivity index (χ2n) is 6.19. The van der Waals surface area contributed by atoms with Gasteiger partial charge in [-0.1, -0.05) is 51.0 Å². The molecule has 19 heavy (non-hydrogen) atoms. The smallest absolute Gasteiger partial charge is 0.0942 e. The van der Waals surface area contributed by atoms with Crippen molar-refractivity contribution in [3.63, 3.8) is 0 Å². The van der Waals surface area contributed by atoms with Gasteiger partial charge in [-0.05, 0) is 42.9 Å². The van der Waals surface area contributed by atoms with E-state index in [2.05, 4.69) is 43.4 Å². The van der Waals surface area contributed by atoms with Gasteiger partial charge in [0.15, 0.2) is 0 Å². The molecule has 2 N–H and O–H groups in total. The van der Waals surface area contributed by atoms with Crippen LogP contribution in [0.5, 0.6) is 0 Å². The maximum atomic E-state index is 10.5. The number of nitrogens with one attached hydrogen (secondary N) is 1. The number of aliphatic hydroxyl groups excluding tert-OH is 1. The summed E-state index contributed by atoms with van der Waals surface area (Å²) >= 11 is 0. The zero-order valence-electron chi connectivity index (χ0n) is 12.2. The summed E-state index contributed by atoms with van der Waals surface area (Å²) in [5.74, 6) is 0.680. The van der Waals surface area contributed by atoms with Crippen molar-refractivity contribution in [2.45, 2.75) is 58.1 Å². The molecule has 106 valence electrons. The van der Waals surface area contributed by atoms with Crippen molar-refractivity contribution in [1.29, 1.82) is 0 Å². The van der Waals surface area contributed by atoms with Gasteiger partial charge in [-0.2, -0.15) is 0 Å². The SMILES string of the molecule is CC(C)Cc1ccc(C(O)C2CCCCCN2)cc1. The van der Waals surface area contributed by atoms with Crippen LogP contribution in [0, 0.1) is 5.92 Å². The van der Waals surface area contributed by atoms with Crippen LogP contribution in [0.3, 0.4) is 0 Å². The van der Waals surface area contributed by atoms with E-state index in [9.17, 15) is 5.11 Å². The first-order chi connectivity index (χ1) is 9.16. The van der Waals surface area contributed by atoms with Crippen LogP contribution in [0.25, 0.3) is 0 Å². The first-order valence-corrected chi connectivity index (χ1v) is 7.67. The van der Waals surface area contributed by atoms with Gasteiger partial charge < -0.3 is 10.4 Å². The Balaban J connectivity index is 1.99. The van der Waals surface area contributed by atoms with Gasteiger partial charge in [0.2, 0.25) is 0 Å². The number of benzene rings is 1. The zero-order chi connectivity index (χ0) is 13.7. The van der Waals surface area contributed by atoms with Crippen molar-refractivity contribution >= 4 is 0 Å². The predicted octanol–water partition coefficient (Wildman–Crippen LogP) is 3.45.